The minimum absolute atomic E-state index is 0.0437. The van der Waals surface area contributed by atoms with Crippen molar-refractivity contribution in [1.82, 2.24) is 0 Å². The molecule has 0 bridgehead atoms. The number of imide groups is 2. The zero-order chi connectivity index (χ0) is 24.1. The van der Waals surface area contributed by atoms with Crippen LogP contribution >= 0.6 is 23.5 Å². The summed E-state index contributed by atoms with van der Waals surface area (Å²) in [6.07, 6.45) is -0.223. The number of hydrogen-bond acceptors (Lipinski definition) is 10. The van der Waals surface area contributed by atoms with Crippen LogP contribution in [-0.2, 0) is 28.8 Å². The summed E-state index contributed by atoms with van der Waals surface area (Å²) in [5.74, 6) is -4.24. The molecule has 0 unspecified atom stereocenters. The zero-order valence-electron chi connectivity index (χ0n) is 17.5. The van der Waals surface area contributed by atoms with Crippen molar-refractivity contribution in [2.45, 2.75) is 25.7 Å². The fraction of sp³-hybridized carbons (Fsp3) is 0.400. The molecule has 2 aliphatic heterocycles. The zero-order valence-corrected chi connectivity index (χ0v) is 19.2. The number of benzene rings is 1. The number of ether oxygens (including phenoxy) is 2. The number of carbonyl (C=O) groups is 6. The average molecular weight is 497 g/mol. The van der Waals surface area contributed by atoms with Crippen LogP contribution in [0.4, 0.5) is 11.4 Å². The van der Waals surface area contributed by atoms with E-state index in [2.05, 4.69) is 0 Å². The highest BCUT2D eigenvalue weighted by molar-refractivity contribution is 8.16. The van der Waals surface area contributed by atoms with Gasteiger partial charge in [-0.2, -0.15) is 0 Å². The molecule has 2 heterocycles. The first-order valence-corrected chi connectivity index (χ1v) is 12.1. The van der Waals surface area contributed by atoms with E-state index in [0.717, 1.165) is 33.3 Å². The summed E-state index contributed by atoms with van der Waals surface area (Å²) in [5.41, 5.74) is -0.312. The van der Waals surface area contributed by atoms with Gasteiger partial charge in [0.2, 0.25) is 23.6 Å². The Hall–Kier alpha value is -3.06. The first kappa shape index (κ1) is 24.6. The highest BCUT2D eigenvalue weighted by Crippen LogP contribution is 2.48. The van der Waals surface area contributed by atoms with E-state index in [1.165, 1.54) is 19.2 Å². The summed E-state index contributed by atoms with van der Waals surface area (Å²) in [4.78, 5) is 74.6. The van der Waals surface area contributed by atoms with E-state index in [0.29, 0.717) is 5.08 Å². The molecule has 0 saturated carbocycles. The Morgan fingerprint density at radius 3 is 1.79 bits per heavy atom. The highest BCUT2D eigenvalue weighted by atomic mass is 32.2. The second kappa shape index (κ2) is 10.7. The van der Waals surface area contributed by atoms with Crippen LogP contribution in [-0.4, -0.2) is 64.4 Å². The molecule has 176 valence electrons. The lowest BCUT2D eigenvalue weighted by Crippen LogP contribution is -2.35. The maximum Gasteiger partial charge on any atom is 0.321 e. The summed E-state index contributed by atoms with van der Waals surface area (Å²) >= 11 is 2.25. The lowest BCUT2D eigenvalue weighted by molar-refractivity contribution is -0.134. The molecule has 2 saturated heterocycles. The average Bonchev–Trinajstić information content (AvgIpc) is 3.27. The minimum atomic E-state index is -0.968. The second-order valence-corrected chi connectivity index (χ2v) is 9.23. The molecule has 11 nitrogen and oxygen atoms in total. The van der Waals surface area contributed by atoms with Crippen LogP contribution in [0, 0.1) is 0 Å². The van der Waals surface area contributed by atoms with Crippen LogP contribution in [0.15, 0.2) is 12.1 Å². The Morgan fingerprint density at radius 1 is 0.848 bits per heavy atom. The van der Waals surface area contributed by atoms with E-state index in [1.54, 1.807) is 0 Å². The van der Waals surface area contributed by atoms with Gasteiger partial charge in [0.15, 0.2) is 5.75 Å². The van der Waals surface area contributed by atoms with Gasteiger partial charge in [-0.25, -0.2) is 9.80 Å². The molecule has 1 aromatic rings. The first-order chi connectivity index (χ1) is 15.7. The van der Waals surface area contributed by atoms with Crippen LogP contribution in [0.2, 0.25) is 0 Å². The van der Waals surface area contributed by atoms with Crippen LogP contribution in [0.1, 0.15) is 25.7 Å². The summed E-state index contributed by atoms with van der Waals surface area (Å²) in [6.45, 7) is 0. The van der Waals surface area contributed by atoms with Crippen molar-refractivity contribution in [3.05, 3.63) is 12.1 Å². The Kier molecular flexibility index (Phi) is 7.97. The fourth-order valence-corrected chi connectivity index (χ4v) is 4.88. The number of rotatable bonds is 10. The lowest BCUT2D eigenvalue weighted by Gasteiger charge is -2.26. The second-order valence-electron chi connectivity index (χ2n) is 6.89. The van der Waals surface area contributed by atoms with Gasteiger partial charge in [-0.15, -0.1) is 23.5 Å². The van der Waals surface area contributed by atoms with Gasteiger partial charge in [0.05, 0.1) is 18.6 Å². The third-order valence-electron chi connectivity index (χ3n) is 4.68. The summed E-state index contributed by atoms with van der Waals surface area (Å²) in [6, 6.07) is 2.70. The summed E-state index contributed by atoms with van der Waals surface area (Å²) in [5, 5.41) is 8.98. The predicted molar refractivity (Wildman–Crippen MR) is 120 cm³/mol. The Balaban J connectivity index is 1.96. The van der Waals surface area contributed by atoms with Crippen LogP contribution < -0.4 is 19.3 Å². The third kappa shape index (κ3) is 5.47. The van der Waals surface area contributed by atoms with Crippen molar-refractivity contribution in [2.24, 2.45) is 0 Å². The maximum absolute atomic E-state index is 12.5. The highest BCUT2D eigenvalue weighted by Gasteiger charge is 2.41. The molecule has 3 rings (SSSR count). The molecular formula is C20H20N2O9S2. The first-order valence-electron chi connectivity index (χ1n) is 9.75. The van der Waals surface area contributed by atoms with Crippen molar-refractivity contribution in [1.29, 1.82) is 0 Å². The molecule has 1 aromatic carbocycles. The Bertz CT molecular complexity index is 995. The number of carbonyl (C=O) groups excluding carboxylic acids is 5. The molecule has 0 radical (unpaired) electrons. The number of thioether (sulfide) groups is 2. The van der Waals surface area contributed by atoms with E-state index in [-0.39, 0.29) is 60.1 Å². The molecule has 0 aliphatic carbocycles. The standard InChI is InChI=1S/C20H20N2O9S2/c1-30-11-2-3-12(31-18(29)9-33-10-32-8-17(27)28)20(22-15(25)6-7-16(22)26)19(11)21-13(23)4-5-14(21)24/h2-3H,4-10H2,1H3,(H,27,28). The van der Waals surface area contributed by atoms with E-state index < -0.39 is 35.6 Å². The molecule has 33 heavy (non-hydrogen) atoms. The van der Waals surface area contributed by atoms with E-state index in [4.69, 9.17) is 14.6 Å². The number of anilines is 2. The molecule has 1 N–H and O–H groups in total. The van der Waals surface area contributed by atoms with Crippen molar-refractivity contribution in [2.75, 3.05) is 33.5 Å². The molecule has 0 spiro atoms. The monoisotopic (exact) mass is 496 g/mol. The number of amides is 4. The van der Waals surface area contributed by atoms with Gasteiger partial charge in [0, 0.05) is 30.8 Å². The third-order valence-corrected chi connectivity index (χ3v) is 6.91. The summed E-state index contributed by atoms with van der Waals surface area (Å²) < 4.78 is 10.7. The quantitative estimate of drug-likeness (QED) is 0.165. The van der Waals surface area contributed by atoms with Gasteiger partial charge in [-0.05, 0) is 12.1 Å². The van der Waals surface area contributed by atoms with Gasteiger partial charge < -0.3 is 14.6 Å². The summed E-state index contributed by atoms with van der Waals surface area (Å²) in [7, 11) is 1.30. The van der Waals surface area contributed by atoms with E-state index in [9.17, 15) is 28.8 Å². The smallest absolute Gasteiger partial charge is 0.321 e. The molecule has 2 aliphatic rings. The number of carboxylic acids is 1. The van der Waals surface area contributed by atoms with Crippen molar-refractivity contribution in [3.8, 4) is 11.5 Å². The topological polar surface area (TPSA) is 148 Å². The lowest BCUT2D eigenvalue weighted by atomic mass is 10.1. The number of carboxylic acid groups (broad SMARTS) is 1. The van der Waals surface area contributed by atoms with Gasteiger partial charge in [-0.3, -0.25) is 28.8 Å². The van der Waals surface area contributed by atoms with Crippen LogP contribution in [0.5, 0.6) is 11.5 Å². The van der Waals surface area contributed by atoms with Crippen LogP contribution in [0.25, 0.3) is 0 Å². The van der Waals surface area contributed by atoms with Gasteiger partial charge >= 0.3 is 11.9 Å². The van der Waals surface area contributed by atoms with Crippen molar-refractivity contribution >= 4 is 70.5 Å². The predicted octanol–water partition coefficient (Wildman–Crippen LogP) is 1.42. The molecule has 13 heteroatoms. The van der Waals surface area contributed by atoms with Gasteiger partial charge in [0.25, 0.3) is 0 Å². The number of esters is 1. The number of methoxy groups -OCH3 is 1. The van der Waals surface area contributed by atoms with Crippen molar-refractivity contribution < 1.29 is 43.3 Å². The Labute approximate surface area is 196 Å². The largest absolute Gasteiger partial charge is 0.494 e. The Morgan fingerprint density at radius 2 is 1.30 bits per heavy atom. The molecule has 0 atom stereocenters. The maximum atomic E-state index is 12.5. The molecular weight excluding hydrogens is 476 g/mol. The normalized spacial score (nSPS) is 16.0. The number of nitrogens with zero attached hydrogens (tertiary/aromatic N) is 2. The fourth-order valence-electron chi connectivity index (χ4n) is 3.34. The molecule has 4 amide bonds. The number of hydrogen-bond donors (Lipinski definition) is 1. The van der Waals surface area contributed by atoms with Gasteiger partial charge in [0.1, 0.15) is 17.1 Å². The molecule has 0 aromatic heterocycles. The van der Waals surface area contributed by atoms with Crippen molar-refractivity contribution in [3.63, 3.8) is 0 Å². The molecule has 2 fully saturated rings. The number of aliphatic carboxylic acids is 1. The SMILES string of the molecule is COc1ccc(OC(=O)CSCSCC(=O)O)c(N2C(=O)CCC2=O)c1N1C(=O)CCC1=O. The van der Waals surface area contributed by atoms with Crippen LogP contribution in [0.3, 0.4) is 0 Å². The minimum Gasteiger partial charge on any atom is -0.494 e. The van der Waals surface area contributed by atoms with Gasteiger partial charge in [-0.1, -0.05) is 0 Å². The van der Waals surface area contributed by atoms with E-state index in [1.807, 2.05) is 0 Å². The van der Waals surface area contributed by atoms with E-state index >= 15 is 0 Å².